The third kappa shape index (κ3) is 3.72. The maximum atomic E-state index is 13.2. The molecule has 2 aromatic heterocycles. The van der Waals surface area contributed by atoms with E-state index in [1.165, 1.54) is 0 Å². The molecule has 0 unspecified atom stereocenters. The van der Waals surface area contributed by atoms with Gasteiger partial charge in [0, 0.05) is 48.5 Å². The van der Waals surface area contributed by atoms with E-state index in [2.05, 4.69) is 22.1 Å². The van der Waals surface area contributed by atoms with E-state index in [-0.39, 0.29) is 5.91 Å². The Kier molecular flexibility index (Phi) is 5.04. The molecule has 0 spiro atoms. The van der Waals surface area contributed by atoms with Crippen LogP contribution in [0, 0.1) is 0 Å². The highest BCUT2D eigenvalue weighted by atomic mass is 16.5. The lowest BCUT2D eigenvalue weighted by molar-refractivity contribution is 0.0780. The van der Waals surface area contributed by atoms with E-state index in [4.69, 9.17) is 9.72 Å². The zero-order valence-corrected chi connectivity index (χ0v) is 17.3. The Morgan fingerprint density at radius 3 is 2.68 bits per heavy atom. The lowest BCUT2D eigenvalue weighted by atomic mass is 9.99. The first-order valence-corrected chi connectivity index (χ1v) is 10.4. The quantitative estimate of drug-likeness (QED) is 0.474. The molecule has 154 valence electrons. The summed E-state index contributed by atoms with van der Waals surface area (Å²) in [6.07, 6.45) is 4.14. The van der Waals surface area contributed by atoms with E-state index >= 15 is 0 Å². The van der Waals surface area contributed by atoms with Crippen LogP contribution in [0.2, 0.25) is 0 Å². The van der Waals surface area contributed by atoms with E-state index in [1.807, 2.05) is 54.3 Å². The molecule has 0 radical (unpaired) electrons. The number of hydrogen-bond acceptors (Lipinski definition) is 5. The van der Waals surface area contributed by atoms with E-state index in [1.54, 1.807) is 12.4 Å². The largest absolute Gasteiger partial charge is 0.464 e. The van der Waals surface area contributed by atoms with Gasteiger partial charge in [-0.15, -0.1) is 0 Å². The van der Waals surface area contributed by atoms with Crippen LogP contribution in [0.1, 0.15) is 28.5 Å². The van der Waals surface area contributed by atoms with Gasteiger partial charge in [-0.3, -0.25) is 9.78 Å². The van der Waals surface area contributed by atoms with Crippen molar-refractivity contribution in [3.63, 3.8) is 0 Å². The number of benzene rings is 2. The minimum atomic E-state index is 0.0419. The van der Waals surface area contributed by atoms with Gasteiger partial charge in [-0.05, 0) is 30.2 Å². The number of fused-ring (bicyclic) bond motifs is 2. The number of nitrogens with zero attached hydrogens (tertiary/aromatic N) is 4. The fraction of sp³-hybridized carbons (Fsp3) is 0.200. The highest BCUT2D eigenvalue weighted by molar-refractivity contribution is 6.04. The predicted octanol–water partition coefficient (Wildman–Crippen LogP) is 4.29. The molecular weight excluding hydrogens is 388 g/mol. The Bertz CT molecular complexity index is 1250. The van der Waals surface area contributed by atoms with Crippen LogP contribution in [0.15, 0.2) is 67.0 Å². The van der Waals surface area contributed by atoms with Crippen LogP contribution in [0.3, 0.4) is 0 Å². The van der Waals surface area contributed by atoms with Crippen molar-refractivity contribution in [1.29, 1.82) is 0 Å². The van der Waals surface area contributed by atoms with Gasteiger partial charge in [-0.25, -0.2) is 9.97 Å². The van der Waals surface area contributed by atoms with Crippen molar-refractivity contribution >= 4 is 16.8 Å². The summed E-state index contributed by atoms with van der Waals surface area (Å²) in [7, 11) is 0. The van der Waals surface area contributed by atoms with Crippen molar-refractivity contribution in [3.05, 3.63) is 83.8 Å². The number of rotatable bonds is 6. The lowest BCUT2D eigenvalue weighted by Crippen LogP contribution is -2.26. The number of aromatic nitrogens is 3. The zero-order valence-electron chi connectivity index (χ0n) is 17.3. The van der Waals surface area contributed by atoms with Crippen LogP contribution in [-0.4, -0.2) is 38.9 Å². The first kappa shape index (κ1) is 19.2. The van der Waals surface area contributed by atoms with Crippen LogP contribution in [-0.2, 0) is 13.0 Å². The summed E-state index contributed by atoms with van der Waals surface area (Å²) < 4.78 is 5.32. The van der Waals surface area contributed by atoms with E-state index in [0.717, 1.165) is 38.9 Å². The average molecular weight is 410 g/mol. The molecule has 6 heteroatoms. The number of carbonyl (C=O) groups excluding carboxylic acids is 1. The molecule has 2 aromatic carbocycles. The molecule has 0 saturated heterocycles. The van der Waals surface area contributed by atoms with Crippen LogP contribution < -0.4 is 4.74 Å². The molecular formula is C25H22N4O2. The number of amides is 1. The number of hydrogen-bond donors (Lipinski definition) is 0. The second kappa shape index (κ2) is 8.14. The standard InChI is InChI=1S/C25H22N4O2/c1-2-31-25-26-14-19(15-27-25)21-8-5-7-18-16-29(24(30)23(18)21)13-12-20-11-10-17-6-3-4-9-22(17)28-20/h3-11,14-15H,2,12-13,16H2,1H3. The second-order valence-corrected chi connectivity index (χ2v) is 7.50. The van der Waals surface area contributed by atoms with Crippen molar-refractivity contribution in [2.24, 2.45) is 0 Å². The molecule has 5 rings (SSSR count). The summed E-state index contributed by atoms with van der Waals surface area (Å²) in [4.78, 5) is 28.4. The second-order valence-electron chi connectivity index (χ2n) is 7.50. The molecule has 0 atom stereocenters. The summed E-state index contributed by atoms with van der Waals surface area (Å²) in [6, 6.07) is 18.5. The Morgan fingerprint density at radius 1 is 1.00 bits per heavy atom. The van der Waals surface area contributed by atoms with Gasteiger partial charge >= 0.3 is 6.01 Å². The molecule has 1 aliphatic rings. The Balaban J connectivity index is 1.35. The Morgan fingerprint density at radius 2 is 1.84 bits per heavy atom. The molecule has 31 heavy (non-hydrogen) atoms. The molecule has 0 aliphatic carbocycles. The number of carbonyl (C=O) groups is 1. The third-order valence-electron chi connectivity index (χ3n) is 5.52. The molecule has 0 N–H and O–H groups in total. The first-order valence-electron chi connectivity index (χ1n) is 10.4. The number of pyridine rings is 1. The minimum Gasteiger partial charge on any atom is -0.464 e. The smallest absolute Gasteiger partial charge is 0.316 e. The van der Waals surface area contributed by atoms with E-state index < -0.39 is 0 Å². The van der Waals surface area contributed by atoms with Crippen molar-refractivity contribution in [1.82, 2.24) is 19.9 Å². The van der Waals surface area contributed by atoms with Gasteiger partial charge < -0.3 is 9.64 Å². The van der Waals surface area contributed by atoms with Crippen molar-refractivity contribution < 1.29 is 9.53 Å². The SMILES string of the molecule is CCOc1ncc(-c2cccc3c2C(=O)N(CCc2ccc4ccccc4n2)C3)cn1. The van der Waals surface area contributed by atoms with Gasteiger partial charge in [0.1, 0.15) is 0 Å². The maximum Gasteiger partial charge on any atom is 0.316 e. The Labute approximate surface area is 180 Å². The van der Waals surface area contributed by atoms with Gasteiger partial charge in [0.2, 0.25) is 0 Å². The number of ether oxygens (including phenoxy) is 1. The summed E-state index contributed by atoms with van der Waals surface area (Å²) in [5.41, 5.74) is 5.41. The van der Waals surface area contributed by atoms with Gasteiger partial charge in [0.15, 0.2) is 0 Å². The summed E-state index contributed by atoms with van der Waals surface area (Å²) in [6.45, 7) is 3.63. The maximum absolute atomic E-state index is 13.2. The number of para-hydroxylation sites is 1. The van der Waals surface area contributed by atoms with Crippen LogP contribution in [0.4, 0.5) is 0 Å². The molecule has 0 saturated carbocycles. The van der Waals surface area contributed by atoms with Gasteiger partial charge in [0.25, 0.3) is 5.91 Å². The summed E-state index contributed by atoms with van der Waals surface area (Å²) in [5, 5.41) is 1.12. The fourth-order valence-corrected chi connectivity index (χ4v) is 4.00. The van der Waals surface area contributed by atoms with Crippen molar-refractivity contribution in [2.45, 2.75) is 19.9 Å². The van der Waals surface area contributed by atoms with Crippen LogP contribution in [0.5, 0.6) is 6.01 Å². The third-order valence-corrected chi connectivity index (χ3v) is 5.52. The Hall–Kier alpha value is -3.80. The lowest BCUT2D eigenvalue weighted by Gasteiger charge is -2.15. The first-order chi connectivity index (χ1) is 15.2. The average Bonchev–Trinajstić information content (AvgIpc) is 3.14. The normalized spacial score (nSPS) is 12.9. The topological polar surface area (TPSA) is 68.2 Å². The van der Waals surface area contributed by atoms with Gasteiger partial charge in [-0.2, -0.15) is 0 Å². The summed E-state index contributed by atoms with van der Waals surface area (Å²) in [5.74, 6) is 0.0419. The highest BCUT2D eigenvalue weighted by Crippen LogP contribution is 2.32. The predicted molar refractivity (Wildman–Crippen MR) is 119 cm³/mol. The molecule has 1 amide bonds. The van der Waals surface area contributed by atoms with Crippen LogP contribution in [0.25, 0.3) is 22.0 Å². The van der Waals surface area contributed by atoms with E-state index in [9.17, 15) is 4.79 Å². The highest BCUT2D eigenvalue weighted by Gasteiger charge is 2.30. The fourth-order valence-electron chi connectivity index (χ4n) is 4.00. The van der Waals surface area contributed by atoms with Crippen LogP contribution >= 0.6 is 0 Å². The van der Waals surface area contributed by atoms with Gasteiger partial charge in [0.05, 0.1) is 17.7 Å². The van der Waals surface area contributed by atoms with Crippen molar-refractivity contribution in [3.8, 4) is 17.1 Å². The monoisotopic (exact) mass is 410 g/mol. The molecule has 1 aliphatic heterocycles. The molecule has 0 bridgehead atoms. The molecule has 6 nitrogen and oxygen atoms in total. The molecule has 0 fully saturated rings. The van der Waals surface area contributed by atoms with E-state index in [0.29, 0.717) is 32.1 Å². The minimum absolute atomic E-state index is 0.0419. The zero-order chi connectivity index (χ0) is 21.2. The van der Waals surface area contributed by atoms with Crippen molar-refractivity contribution in [2.75, 3.05) is 13.2 Å². The summed E-state index contributed by atoms with van der Waals surface area (Å²) >= 11 is 0. The molecule has 4 aromatic rings. The molecule has 3 heterocycles. The van der Waals surface area contributed by atoms with Gasteiger partial charge in [-0.1, -0.05) is 42.5 Å².